The highest BCUT2D eigenvalue weighted by Crippen LogP contribution is 2.18. The second-order valence-electron chi connectivity index (χ2n) is 1.44. The summed E-state index contributed by atoms with van der Waals surface area (Å²) in [5.74, 6) is 0. The Labute approximate surface area is 72.8 Å². The Kier molecular flexibility index (Phi) is 4.48. The van der Waals surface area contributed by atoms with Gasteiger partial charge in [0.1, 0.15) is 0 Å². The van der Waals surface area contributed by atoms with Crippen LogP contribution in [0.3, 0.4) is 0 Å². The molecule has 0 fully saturated rings. The molecule has 0 spiro atoms. The van der Waals surface area contributed by atoms with Gasteiger partial charge in [-0.1, -0.05) is 0 Å². The van der Waals surface area contributed by atoms with Crippen molar-refractivity contribution in [2.45, 2.75) is 6.54 Å². The fourth-order valence-electron chi connectivity index (χ4n) is 0.461. The Hall–Kier alpha value is 0.430. The van der Waals surface area contributed by atoms with E-state index in [0.29, 0.717) is 6.54 Å². The van der Waals surface area contributed by atoms with Crippen molar-refractivity contribution in [2.75, 3.05) is 0 Å². The third-order valence-corrected chi connectivity index (χ3v) is 2.54. The molecule has 1 rings (SSSR count). The van der Waals surface area contributed by atoms with Crippen LogP contribution in [0.25, 0.3) is 0 Å². The summed E-state index contributed by atoms with van der Waals surface area (Å²) in [5, 5.41) is 2.03. The van der Waals surface area contributed by atoms with Crippen molar-refractivity contribution in [3.63, 3.8) is 0 Å². The van der Waals surface area contributed by atoms with Crippen molar-refractivity contribution < 1.29 is 0 Å². The van der Waals surface area contributed by atoms with E-state index in [-0.39, 0.29) is 12.4 Å². The topological polar surface area (TPSA) is 26.0 Å². The molecule has 2 N–H and O–H groups in total. The molecule has 0 aliphatic heterocycles. The third kappa shape index (κ3) is 2.67. The van der Waals surface area contributed by atoms with Crippen molar-refractivity contribution >= 4 is 39.7 Å². The van der Waals surface area contributed by atoms with E-state index < -0.39 is 0 Å². The quantitative estimate of drug-likeness (QED) is 0.785. The molecular formula is C5H7BrClNS. The van der Waals surface area contributed by atoms with Crippen molar-refractivity contribution in [1.29, 1.82) is 0 Å². The van der Waals surface area contributed by atoms with Crippen LogP contribution in [-0.2, 0) is 6.54 Å². The monoisotopic (exact) mass is 227 g/mol. The second-order valence-corrected chi connectivity index (χ2v) is 3.35. The lowest BCUT2D eigenvalue weighted by Gasteiger charge is -1.80. The molecular weight excluding hydrogens is 221 g/mol. The maximum atomic E-state index is 5.35. The normalized spacial score (nSPS) is 8.67. The second kappa shape index (κ2) is 4.28. The summed E-state index contributed by atoms with van der Waals surface area (Å²) in [7, 11) is 0. The zero-order valence-electron chi connectivity index (χ0n) is 4.63. The molecule has 0 aromatic carbocycles. The lowest BCUT2D eigenvalue weighted by Crippen LogP contribution is -1.91. The minimum Gasteiger partial charge on any atom is -0.326 e. The molecule has 0 amide bonds. The molecule has 0 saturated carbocycles. The molecule has 1 heterocycles. The molecule has 0 saturated heterocycles. The summed E-state index contributed by atoms with van der Waals surface area (Å²) in [6, 6.07) is 2.03. The maximum Gasteiger partial charge on any atom is 0.0285 e. The summed E-state index contributed by atoms with van der Waals surface area (Å²) >= 11 is 5.01. The van der Waals surface area contributed by atoms with Crippen LogP contribution in [0.4, 0.5) is 0 Å². The molecule has 1 aromatic rings. The molecule has 1 aromatic heterocycles. The molecule has 0 radical (unpaired) electrons. The number of nitrogens with two attached hydrogens (primary N) is 1. The van der Waals surface area contributed by atoms with Gasteiger partial charge in [0.25, 0.3) is 0 Å². The van der Waals surface area contributed by atoms with Gasteiger partial charge in [-0.15, -0.1) is 23.7 Å². The molecule has 0 aliphatic rings. The number of hydrogen-bond donors (Lipinski definition) is 1. The van der Waals surface area contributed by atoms with E-state index in [9.17, 15) is 0 Å². The summed E-state index contributed by atoms with van der Waals surface area (Å²) in [6.45, 7) is 0.649. The van der Waals surface area contributed by atoms with E-state index in [4.69, 9.17) is 5.73 Å². The van der Waals surface area contributed by atoms with Crippen LogP contribution in [0.1, 0.15) is 4.88 Å². The Morgan fingerprint density at radius 1 is 1.67 bits per heavy atom. The molecule has 0 atom stereocenters. The van der Waals surface area contributed by atoms with Gasteiger partial charge < -0.3 is 5.73 Å². The minimum absolute atomic E-state index is 0. The average molecular weight is 229 g/mol. The first kappa shape index (κ1) is 9.43. The maximum absolute atomic E-state index is 5.35. The molecule has 1 nitrogen and oxygen atoms in total. The summed E-state index contributed by atoms with van der Waals surface area (Å²) in [5.41, 5.74) is 5.35. The van der Waals surface area contributed by atoms with E-state index in [1.165, 1.54) is 4.88 Å². The summed E-state index contributed by atoms with van der Waals surface area (Å²) < 4.78 is 1.13. The van der Waals surface area contributed by atoms with Crippen LogP contribution in [0.15, 0.2) is 15.9 Å². The zero-order chi connectivity index (χ0) is 5.98. The number of hydrogen-bond acceptors (Lipinski definition) is 2. The van der Waals surface area contributed by atoms with Gasteiger partial charge in [-0.05, 0) is 22.0 Å². The van der Waals surface area contributed by atoms with Crippen LogP contribution in [0.5, 0.6) is 0 Å². The Balaban J connectivity index is 0.000000640. The molecule has 52 valence electrons. The highest BCUT2D eigenvalue weighted by atomic mass is 79.9. The molecule has 0 aliphatic carbocycles. The van der Waals surface area contributed by atoms with Crippen LogP contribution in [0.2, 0.25) is 0 Å². The average Bonchev–Trinajstić information content (AvgIpc) is 2.14. The lowest BCUT2D eigenvalue weighted by atomic mass is 10.5. The standard InChI is InChI=1S/C5H6BrNS.ClH/c6-4-1-5(2-7)8-3-4;/h1,3H,2,7H2;1H. The molecule has 0 bridgehead atoms. The van der Waals surface area contributed by atoms with E-state index in [0.717, 1.165) is 4.47 Å². The first-order valence-electron chi connectivity index (χ1n) is 2.26. The van der Waals surface area contributed by atoms with Gasteiger partial charge in [0.05, 0.1) is 0 Å². The fourth-order valence-corrected chi connectivity index (χ4v) is 1.79. The highest BCUT2D eigenvalue weighted by molar-refractivity contribution is 9.10. The summed E-state index contributed by atoms with van der Waals surface area (Å²) in [6.07, 6.45) is 0. The van der Waals surface area contributed by atoms with Gasteiger partial charge >= 0.3 is 0 Å². The van der Waals surface area contributed by atoms with Crippen molar-refractivity contribution in [3.05, 3.63) is 20.8 Å². The van der Waals surface area contributed by atoms with Gasteiger partial charge in [-0.25, -0.2) is 0 Å². The van der Waals surface area contributed by atoms with Gasteiger partial charge in [0, 0.05) is 21.3 Å². The van der Waals surface area contributed by atoms with Crippen LogP contribution in [-0.4, -0.2) is 0 Å². The number of halogens is 2. The van der Waals surface area contributed by atoms with Gasteiger partial charge in [-0.3, -0.25) is 0 Å². The van der Waals surface area contributed by atoms with Crippen LogP contribution in [0, 0.1) is 0 Å². The van der Waals surface area contributed by atoms with Crippen molar-refractivity contribution in [1.82, 2.24) is 0 Å². The lowest BCUT2D eigenvalue weighted by molar-refractivity contribution is 1.11. The Morgan fingerprint density at radius 3 is 2.56 bits per heavy atom. The van der Waals surface area contributed by atoms with E-state index >= 15 is 0 Å². The predicted octanol–water partition coefficient (Wildman–Crippen LogP) is 2.39. The van der Waals surface area contributed by atoms with E-state index in [1.54, 1.807) is 11.3 Å². The largest absolute Gasteiger partial charge is 0.326 e. The Morgan fingerprint density at radius 2 is 2.33 bits per heavy atom. The smallest absolute Gasteiger partial charge is 0.0285 e. The predicted molar refractivity (Wildman–Crippen MR) is 47.2 cm³/mol. The number of thiophene rings is 1. The van der Waals surface area contributed by atoms with E-state index in [2.05, 4.69) is 15.9 Å². The first-order chi connectivity index (χ1) is 3.83. The highest BCUT2D eigenvalue weighted by Gasteiger charge is 1.91. The van der Waals surface area contributed by atoms with Gasteiger partial charge in [-0.2, -0.15) is 0 Å². The van der Waals surface area contributed by atoms with Crippen molar-refractivity contribution in [2.24, 2.45) is 5.73 Å². The first-order valence-corrected chi connectivity index (χ1v) is 3.93. The Bertz CT molecular complexity index is 177. The van der Waals surface area contributed by atoms with Crippen LogP contribution >= 0.6 is 39.7 Å². The minimum atomic E-state index is 0. The fraction of sp³-hybridized carbons (Fsp3) is 0.200. The third-order valence-electron chi connectivity index (χ3n) is 0.823. The SMILES string of the molecule is Cl.NCc1cc(Br)cs1. The van der Waals surface area contributed by atoms with Crippen LogP contribution < -0.4 is 5.73 Å². The molecule has 9 heavy (non-hydrogen) atoms. The van der Waals surface area contributed by atoms with Gasteiger partial charge in [0.15, 0.2) is 0 Å². The number of rotatable bonds is 1. The zero-order valence-corrected chi connectivity index (χ0v) is 7.85. The van der Waals surface area contributed by atoms with E-state index in [1.807, 2.05) is 11.4 Å². The molecule has 0 unspecified atom stereocenters. The summed E-state index contributed by atoms with van der Waals surface area (Å²) in [4.78, 5) is 1.22. The molecule has 4 heteroatoms. The van der Waals surface area contributed by atoms with Crippen molar-refractivity contribution in [3.8, 4) is 0 Å². The van der Waals surface area contributed by atoms with Gasteiger partial charge in [0.2, 0.25) is 0 Å².